The lowest BCUT2D eigenvalue weighted by Crippen LogP contribution is -2.45. The van der Waals surface area contributed by atoms with Crippen LogP contribution in [0.25, 0.3) is 0 Å². The molecule has 0 aliphatic heterocycles. The highest BCUT2D eigenvalue weighted by molar-refractivity contribution is 6.32. The summed E-state index contributed by atoms with van der Waals surface area (Å²) < 4.78 is 0. The molecule has 1 aromatic rings. The summed E-state index contributed by atoms with van der Waals surface area (Å²) in [7, 11) is 0. The number of aromatic nitrogens is 1. The quantitative estimate of drug-likeness (QED) is 0.752. The molecule has 4 nitrogen and oxygen atoms in total. The van der Waals surface area contributed by atoms with Crippen molar-refractivity contribution in [1.82, 2.24) is 4.98 Å². The Morgan fingerprint density at radius 3 is 2.53 bits per heavy atom. The lowest BCUT2D eigenvalue weighted by Gasteiger charge is -2.33. The number of nitrogens with zero attached hydrogens (tertiary/aromatic N) is 2. The third-order valence-corrected chi connectivity index (χ3v) is 2.13. The van der Waals surface area contributed by atoms with Crippen LogP contribution in [0.2, 0.25) is 5.15 Å². The van der Waals surface area contributed by atoms with Crippen LogP contribution in [0.4, 0.5) is 10.5 Å². The summed E-state index contributed by atoms with van der Waals surface area (Å²) in [6.45, 7) is 5.39. The van der Waals surface area contributed by atoms with Gasteiger partial charge in [0.15, 0.2) is 5.15 Å². The average molecular weight is 229 g/mol. The fourth-order valence-corrected chi connectivity index (χ4v) is 1.50. The van der Waals surface area contributed by atoms with E-state index in [1.807, 2.05) is 0 Å². The van der Waals surface area contributed by atoms with Crippen LogP contribution in [0.15, 0.2) is 18.3 Å². The number of amides is 1. The molecule has 0 spiro atoms. The van der Waals surface area contributed by atoms with E-state index in [1.165, 1.54) is 11.1 Å². The van der Waals surface area contributed by atoms with Crippen molar-refractivity contribution in [2.24, 2.45) is 0 Å². The maximum atomic E-state index is 11.1. The van der Waals surface area contributed by atoms with Crippen LogP contribution < -0.4 is 4.90 Å². The first-order chi connectivity index (χ1) is 6.84. The Hall–Kier alpha value is -1.29. The first-order valence-electron chi connectivity index (χ1n) is 4.47. The second kappa shape index (κ2) is 4.06. The van der Waals surface area contributed by atoms with Crippen molar-refractivity contribution in [3.8, 4) is 0 Å². The fourth-order valence-electron chi connectivity index (χ4n) is 1.30. The molecule has 0 aliphatic carbocycles. The molecule has 0 aliphatic rings. The first-order valence-corrected chi connectivity index (χ1v) is 4.85. The van der Waals surface area contributed by atoms with Crippen molar-refractivity contribution in [2.75, 3.05) is 4.90 Å². The highest BCUT2D eigenvalue weighted by Gasteiger charge is 2.29. The number of anilines is 1. The minimum atomic E-state index is -1.04. The molecule has 1 rings (SSSR count). The van der Waals surface area contributed by atoms with Crippen LogP contribution in [0.3, 0.4) is 0 Å². The number of hydrogen-bond donors (Lipinski definition) is 1. The van der Waals surface area contributed by atoms with Gasteiger partial charge in [0.2, 0.25) is 0 Å². The monoisotopic (exact) mass is 228 g/mol. The zero-order valence-corrected chi connectivity index (χ0v) is 9.62. The first kappa shape index (κ1) is 11.8. The molecular weight excluding hydrogens is 216 g/mol. The smallest absolute Gasteiger partial charge is 0.412 e. The molecule has 0 bridgehead atoms. The Kier molecular flexibility index (Phi) is 3.19. The van der Waals surface area contributed by atoms with Gasteiger partial charge in [0.05, 0.1) is 5.69 Å². The normalized spacial score (nSPS) is 11.2. The summed E-state index contributed by atoms with van der Waals surface area (Å²) >= 11 is 5.85. The molecule has 0 unspecified atom stereocenters. The molecule has 0 atom stereocenters. The van der Waals surface area contributed by atoms with Crippen LogP contribution in [-0.4, -0.2) is 21.7 Å². The third kappa shape index (κ3) is 2.59. The van der Waals surface area contributed by atoms with Crippen LogP contribution in [0.1, 0.15) is 20.8 Å². The van der Waals surface area contributed by atoms with Gasteiger partial charge in [-0.2, -0.15) is 0 Å². The third-order valence-electron chi connectivity index (χ3n) is 1.84. The van der Waals surface area contributed by atoms with Crippen LogP contribution in [0.5, 0.6) is 0 Å². The molecule has 0 aromatic carbocycles. The average Bonchev–Trinajstić information content (AvgIpc) is 2.05. The summed E-state index contributed by atoms with van der Waals surface area (Å²) in [4.78, 5) is 16.2. The summed E-state index contributed by atoms with van der Waals surface area (Å²) in [5.41, 5.74) is -0.155. The Bertz CT molecular complexity index is 374. The molecule has 82 valence electrons. The molecule has 1 aromatic heterocycles. The molecule has 5 heteroatoms. The van der Waals surface area contributed by atoms with Crippen molar-refractivity contribution in [3.05, 3.63) is 23.5 Å². The second-order valence-electron chi connectivity index (χ2n) is 4.10. The lowest BCUT2D eigenvalue weighted by atomic mass is 10.1. The number of halogens is 1. The van der Waals surface area contributed by atoms with Gasteiger partial charge in [-0.25, -0.2) is 9.78 Å². The highest BCUT2D eigenvalue weighted by atomic mass is 35.5. The van der Waals surface area contributed by atoms with Gasteiger partial charge in [-0.3, -0.25) is 4.90 Å². The molecular formula is C10H13ClN2O2. The van der Waals surface area contributed by atoms with E-state index in [-0.39, 0.29) is 5.15 Å². The summed E-state index contributed by atoms with van der Waals surface area (Å²) in [5.74, 6) is 0. The number of hydrogen-bond acceptors (Lipinski definition) is 2. The van der Waals surface area contributed by atoms with E-state index in [0.717, 1.165) is 0 Å². The predicted octanol–water partition coefficient (Wildman–Crippen LogP) is 3.02. The molecule has 0 saturated carbocycles. The Morgan fingerprint density at radius 2 is 2.13 bits per heavy atom. The van der Waals surface area contributed by atoms with Crippen LogP contribution >= 0.6 is 11.6 Å². The zero-order chi connectivity index (χ0) is 11.6. The Labute approximate surface area is 93.5 Å². The molecule has 1 N–H and O–H groups in total. The predicted molar refractivity (Wildman–Crippen MR) is 59.5 cm³/mol. The molecule has 0 saturated heterocycles. The molecule has 0 radical (unpaired) electrons. The van der Waals surface area contributed by atoms with E-state index in [4.69, 9.17) is 16.7 Å². The zero-order valence-electron chi connectivity index (χ0n) is 8.86. The minimum absolute atomic E-state index is 0.190. The number of pyridine rings is 1. The van der Waals surface area contributed by atoms with Gasteiger partial charge in [0.25, 0.3) is 0 Å². The number of rotatable bonds is 1. The van der Waals surface area contributed by atoms with E-state index in [0.29, 0.717) is 5.69 Å². The molecule has 1 heterocycles. The van der Waals surface area contributed by atoms with E-state index in [1.54, 1.807) is 32.9 Å². The van der Waals surface area contributed by atoms with E-state index in [9.17, 15) is 4.79 Å². The maximum absolute atomic E-state index is 11.1. The maximum Gasteiger partial charge on any atom is 0.412 e. The van der Waals surface area contributed by atoms with Crippen molar-refractivity contribution in [1.29, 1.82) is 0 Å². The minimum Gasteiger partial charge on any atom is -0.465 e. The van der Waals surface area contributed by atoms with Gasteiger partial charge in [-0.15, -0.1) is 0 Å². The highest BCUT2D eigenvalue weighted by Crippen LogP contribution is 2.29. The van der Waals surface area contributed by atoms with Gasteiger partial charge in [0, 0.05) is 11.7 Å². The van der Waals surface area contributed by atoms with Gasteiger partial charge in [0.1, 0.15) is 0 Å². The van der Waals surface area contributed by atoms with Crippen molar-refractivity contribution >= 4 is 23.4 Å². The topological polar surface area (TPSA) is 53.4 Å². The SMILES string of the molecule is CC(C)(C)N(C(=O)O)c1cccnc1Cl. The van der Waals surface area contributed by atoms with Gasteiger partial charge in [-0.1, -0.05) is 11.6 Å². The van der Waals surface area contributed by atoms with Crippen LogP contribution in [-0.2, 0) is 0 Å². The summed E-state index contributed by atoms with van der Waals surface area (Å²) in [5, 5.41) is 9.32. The summed E-state index contributed by atoms with van der Waals surface area (Å²) in [6.07, 6.45) is 0.478. The van der Waals surface area contributed by atoms with Crippen molar-refractivity contribution in [3.63, 3.8) is 0 Å². The number of carboxylic acid groups (broad SMARTS) is 1. The van der Waals surface area contributed by atoms with Crippen molar-refractivity contribution < 1.29 is 9.90 Å². The molecule has 0 fully saturated rings. The van der Waals surface area contributed by atoms with Crippen molar-refractivity contribution in [2.45, 2.75) is 26.3 Å². The number of carbonyl (C=O) groups is 1. The van der Waals surface area contributed by atoms with Crippen LogP contribution in [0, 0.1) is 0 Å². The van der Waals surface area contributed by atoms with E-state index in [2.05, 4.69) is 4.98 Å². The Morgan fingerprint density at radius 1 is 1.53 bits per heavy atom. The van der Waals surface area contributed by atoms with Gasteiger partial charge < -0.3 is 5.11 Å². The molecule has 1 amide bonds. The largest absolute Gasteiger partial charge is 0.465 e. The standard InChI is InChI=1S/C10H13ClN2O2/c1-10(2,3)13(9(14)15)7-5-4-6-12-8(7)11/h4-6H,1-3H3,(H,14,15). The van der Waals surface area contributed by atoms with E-state index < -0.39 is 11.6 Å². The Balaban J connectivity index is 3.23. The van der Waals surface area contributed by atoms with E-state index >= 15 is 0 Å². The summed E-state index contributed by atoms with van der Waals surface area (Å²) in [6, 6.07) is 3.29. The second-order valence-corrected chi connectivity index (χ2v) is 4.46. The lowest BCUT2D eigenvalue weighted by molar-refractivity contribution is 0.195. The molecule has 15 heavy (non-hydrogen) atoms. The van der Waals surface area contributed by atoms with Gasteiger partial charge >= 0.3 is 6.09 Å². The fraction of sp³-hybridized carbons (Fsp3) is 0.400. The van der Waals surface area contributed by atoms with Gasteiger partial charge in [-0.05, 0) is 32.9 Å².